The number of nitriles is 1. The Kier molecular flexibility index (Phi) is 4.22. The summed E-state index contributed by atoms with van der Waals surface area (Å²) in [6.07, 6.45) is 1.79. The van der Waals surface area contributed by atoms with Crippen molar-refractivity contribution in [3.63, 3.8) is 0 Å². The van der Waals surface area contributed by atoms with Crippen molar-refractivity contribution in [2.75, 3.05) is 11.9 Å². The number of hydrogen-bond donors (Lipinski definition) is 2. The SMILES string of the molecule is CC(=O)Nc1cn(C)c(C(=O)NCCC#N)n1. The van der Waals surface area contributed by atoms with E-state index < -0.39 is 0 Å². The topological polar surface area (TPSA) is 99.8 Å². The molecule has 0 radical (unpaired) electrons. The number of nitrogens with zero attached hydrogens (tertiary/aromatic N) is 3. The Labute approximate surface area is 98.4 Å². The molecule has 0 saturated heterocycles. The van der Waals surface area contributed by atoms with Gasteiger partial charge in [-0.05, 0) is 0 Å². The second-order valence-corrected chi connectivity index (χ2v) is 3.41. The number of hydrogen-bond acceptors (Lipinski definition) is 4. The van der Waals surface area contributed by atoms with Gasteiger partial charge >= 0.3 is 0 Å². The van der Waals surface area contributed by atoms with Gasteiger partial charge in [0.15, 0.2) is 5.82 Å². The third-order valence-electron chi connectivity index (χ3n) is 1.91. The minimum atomic E-state index is -0.376. The van der Waals surface area contributed by atoms with Gasteiger partial charge in [-0.25, -0.2) is 4.98 Å². The largest absolute Gasteiger partial charge is 0.348 e. The van der Waals surface area contributed by atoms with Gasteiger partial charge in [0, 0.05) is 26.7 Å². The summed E-state index contributed by atoms with van der Waals surface area (Å²) in [5.74, 6) is -0.115. The van der Waals surface area contributed by atoms with Crippen LogP contribution in [0, 0.1) is 11.3 Å². The van der Waals surface area contributed by atoms with Crippen molar-refractivity contribution in [2.24, 2.45) is 7.05 Å². The predicted octanol–water partition coefficient (Wildman–Crippen LogP) is 0.0220. The van der Waals surface area contributed by atoms with Crippen molar-refractivity contribution >= 4 is 17.6 Å². The van der Waals surface area contributed by atoms with E-state index in [-0.39, 0.29) is 30.6 Å². The lowest BCUT2D eigenvalue weighted by Crippen LogP contribution is -2.26. The van der Waals surface area contributed by atoms with Crippen LogP contribution in [0.4, 0.5) is 5.82 Å². The van der Waals surface area contributed by atoms with Crippen LogP contribution in [0.3, 0.4) is 0 Å². The van der Waals surface area contributed by atoms with Gasteiger partial charge in [-0.15, -0.1) is 0 Å². The fourth-order valence-electron chi connectivity index (χ4n) is 1.23. The third kappa shape index (κ3) is 3.61. The summed E-state index contributed by atoms with van der Waals surface area (Å²) in [7, 11) is 1.65. The monoisotopic (exact) mass is 235 g/mol. The van der Waals surface area contributed by atoms with Crippen LogP contribution in [-0.4, -0.2) is 27.9 Å². The number of nitrogens with one attached hydrogen (secondary N) is 2. The van der Waals surface area contributed by atoms with Crippen LogP contribution in [0.15, 0.2) is 6.20 Å². The van der Waals surface area contributed by atoms with Crippen molar-refractivity contribution < 1.29 is 9.59 Å². The second-order valence-electron chi connectivity index (χ2n) is 3.41. The number of carbonyl (C=O) groups excluding carboxylic acids is 2. The standard InChI is InChI=1S/C10H13N5O2/c1-7(16)13-8-6-15(2)9(14-8)10(17)12-5-3-4-11/h6H,3,5H2,1-2H3,(H,12,17)(H,13,16). The highest BCUT2D eigenvalue weighted by Crippen LogP contribution is 2.06. The van der Waals surface area contributed by atoms with E-state index in [1.807, 2.05) is 6.07 Å². The molecule has 1 rings (SSSR count). The summed E-state index contributed by atoms with van der Waals surface area (Å²) < 4.78 is 1.51. The molecule has 7 heteroatoms. The number of rotatable bonds is 4. The van der Waals surface area contributed by atoms with E-state index in [0.717, 1.165) is 0 Å². The molecule has 0 aliphatic rings. The first-order valence-electron chi connectivity index (χ1n) is 5.00. The summed E-state index contributed by atoms with van der Waals surface area (Å²) in [5.41, 5.74) is 0. The molecule has 2 amide bonds. The molecule has 7 nitrogen and oxygen atoms in total. The van der Waals surface area contributed by atoms with E-state index in [9.17, 15) is 9.59 Å². The molecule has 0 spiro atoms. The molecular weight excluding hydrogens is 222 g/mol. The van der Waals surface area contributed by atoms with Crippen molar-refractivity contribution in [1.29, 1.82) is 5.26 Å². The van der Waals surface area contributed by atoms with Crippen LogP contribution in [0.2, 0.25) is 0 Å². The quantitative estimate of drug-likeness (QED) is 0.718. The zero-order chi connectivity index (χ0) is 12.8. The van der Waals surface area contributed by atoms with Gasteiger partial charge in [0.1, 0.15) is 0 Å². The third-order valence-corrected chi connectivity index (χ3v) is 1.91. The number of amides is 2. The first-order valence-corrected chi connectivity index (χ1v) is 5.00. The Morgan fingerprint density at radius 2 is 2.29 bits per heavy atom. The lowest BCUT2D eigenvalue weighted by atomic mass is 10.4. The molecule has 1 aromatic rings. The van der Waals surface area contributed by atoms with Gasteiger partial charge in [0.05, 0.1) is 12.5 Å². The smallest absolute Gasteiger partial charge is 0.287 e. The van der Waals surface area contributed by atoms with E-state index >= 15 is 0 Å². The summed E-state index contributed by atoms with van der Waals surface area (Å²) in [6, 6.07) is 1.92. The van der Waals surface area contributed by atoms with E-state index in [4.69, 9.17) is 5.26 Å². The second kappa shape index (κ2) is 5.65. The average molecular weight is 235 g/mol. The van der Waals surface area contributed by atoms with Crippen molar-refractivity contribution in [3.8, 4) is 6.07 Å². The Morgan fingerprint density at radius 1 is 1.59 bits per heavy atom. The van der Waals surface area contributed by atoms with Crippen LogP contribution in [-0.2, 0) is 11.8 Å². The molecule has 0 aliphatic carbocycles. The molecule has 1 aromatic heterocycles. The molecule has 2 N–H and O–H groups in total. The lowest BCUT2D eigenvalue weighted by Gasteiger charge is -2.01. The maximum absolute atomic E-state index is 11.6. The molecular formula is C10H13N5O2. The van der Waals surface area contributed by atoms with Crippen LogP contribution >= 0.6 is 0 Å². The van der Waals surface area contributed by atoms with E-state index in [0.29, 0.717) is 5.82 Å². The van der Waals surface area contributed by atoms with E-state index in [1.165, 1.54) is 11.5 Å². The first kappa shape index (κ1) is 12.7. The van der Waals surface area contributed by atoms with Gasteiger partial charge in [0.25, 0.3) is 5.91 Å². The van der Waals surface area contributed by atoms with Crippen LogP contribution < -0.4 is 10.6 Å². The van der Waals surface area contributed by atoms with E-state index in [1.54, 1.807) is 13.2 Å². The zero-order valence-corrected chi connectivity index (χ0v) is 9.65. The molecule has 0 atom stereocenters. The normalized spacial score (nSPS) is 9.47. The fraction of sp³-hybridized carbons (Fsp3) is 0.400. The molecule has 0 bridgehead atoms. The highest BCUT2D eigenvalue weighted by Gasteiger charge is 2.13. The maximum Gasteiger partial charge on any atom is 0.287 e. The van der Waals surface area contributed by atoms with Gasteiger partial charge in [-0.1, -0.05) is 0 Å². The van der Waals surface area contributed by atoms with E-state index in [2.05, 4.69) is 15.6 Å². The molecule has 0 aromatic carbocycles. The minimum Gasteiger partial charge on any atom is -0.348 e. The number of carbonyl (C=O) groups is 2. The Bertz CT molecular complexity index is 472. The Hall–Kier alpha value is -2.36. The summed E-state index contributed by atoms with van der Waals surface area (Å²) in [5, 5.41) is 13.4. The molecule has 0 saturated carbocycles. The highest BCUT2D eigenvalue weighted by molar-refractivity contribution is 5.93. The number of aryl methyl sites for hydroxylation is 1. The predicted molar refractivity (Wildman–Crippen MR) is 60.1 cm³/mol. The summed E-state index contributed by atoms with van der Waals surface area (Å²) >= 11 is 0. The molecule has 17 heavy (non-hydrogen) atoms. The van der Waals surface area contributed by atoms with Gasteiger partial charge < -0.3 is 15.2 Å². The summed E-state index contributed by atoms with van der Waals surface area (Å²) in [4.78, 5) is 26.4. The van der Waals surface area contributed by atoms with Crippen LogP contribution in [0.5, 0.6) is 0 Å². The van der Waals surface area contributed by atoms with Crippen LogP contribution in [0.1, 0.15) is 24.0 Å². The van der Waals surface area contributed by atoms with Gasteiger partial charge in [0.2, 0.25) is 11.7 Å². The zero-order valence-electron chi connectivity index (χ0n) is 9.65. The number of aromatic nitrogens is 2. The molecule has 0 unspecified atom stereocenters. The molecule has 0 fully saturated rings. The summed E-state index contributed by atoms with van der Waals surface area (Å²) in [6.45, 7) is 1.64. The highest BCUT2D eigenvalue weighted by atomic mass is 16.2. The Morgan fingerprint density at radius 3 is 2.88 bits per heavy atom. The Balaban J connectivity index is 2.70. The average Bonchev–Trinajstić information content (AvgIpc) is 2.58. The number of anilines is 1. The molecule has 90 valence electrons. The van der Waals surface area contributed by atoms with Crippen molar-refractivity contribution in [2.45, 2.75) is 13.3 Å². The molecule has 0 aliphatic heterocycles. The minimum absolute atomic E-state index is 0.187. The molecule has 1 heterocycles. The number of imidazole rings is 1. The van der Waals surface area contributed by atoms with Crippen molar-refractivity contribution in [3.05, 3.63) is 12.0 Å². The van der Waals surface area contributed by atoms with Crippen LogP contribution in [0.25, 0.3) is 0 Å². The van der Waals surface area contributed by atoms with Crippen molar-refractivity contribution in [1.82, 2.24) is 14.9 Å². The van der Waals surface area contributed by atoms with Gasteiger partial charge in [-0.2, -0.15) is 5.26 Å². The first-order chi connectivity index (χ1) is 8.04. The maximum atomic E-state index is 11.6. The van der Waals surface area contributed by atoms with Gasteiger partial charge in [-0.3, -0.25) is 9.59 Å². The lowest BCUT2D eigenvalue weighted by molar-refractivity contribution is -0.114. The fourth-order valence-corrected chi connectivity index (χ4v) is 1.23.